The Labute approximate surface area is 93.0 Å². The van der Waals surface area contributed by atoms with Gasteiger partial charge in [0.15, 0.2) is 0 Å². The summed E-state index contributed by atoms with van der Waals surface area (Å²) in [6.45, 7) is 0.755. The molecule has 0 atom stereocenters. The van der Waals surface area contributed by atoms with Gasteiger partial charge in [-0.2, -0.15) is 0 Å². The summed E-state index contributed by atoms with van der Waals surface area (Å²) in [5.74, 6) is 0.611. The molecular formula is C11H13NO4. The first-order valence-corrected chi connectivity index (χ1v) is 4.87. The fourth-order valence-electron chi connectivity index (χ4n) is 1.14. The summed E-state index contributed by atoms with van der Waals surface area (Å²) in [6.07, 6.45) is 0.291. The summed E-state index contributed by atoms with van der Waals surface area (Å²) in [5.41, 5.74) is 0.557. The molecule has 0 aliphatic carbocycles. The van der Waals surface area contributed by atoms with E-state index < -0.39 is 6.09 Å². The molecule has 0 unspecified atom stereocenters. The van der Waals surface area contributed by atoms with Crippen molar-refractivity contribution in [1.29, 1.82) is 0 Å². The van der Waals surface area contributed by atoms with Crippen LogP contribution in [-0.2, 0) is 0 Å². The van der Waals surface area contributed by atoms with Gasteiger partial charge in [0.2, 0.25) is 0 Å². The highest BCUT2D eigenvalue weighted by Gasteiger charge is 1.97. The highest BCUT2D eigenvalue weighted by Crippen LogP contribution is 2.11. The molecule has 0 radical (unpaired) electrons. The number of ether oxygens (including phenoxy) is 1. The van der Waals surface area contributed by atoms with Crippen molar-refractivity contribution in [2.24, 2.45) is 0 Å². The summed E-state index contributed by atoms with van der Waals surface area (Å²) in [5, 5.41) is 10.5. The molecule has 2 N–H and O–H groups in total. The fraction of sp³-hybridized carbons (Fsp3) is 0.273. The highest BCUT2D eigenvalue weighted by molar-refractivity contribution is 5.75. The number of hydrogen-bond donors (Lipinski definition) is 2. The van der Waals surface area contributed by atoms with Crippen LogP contribution in [0.3, 0.4) is 0 Å². The van der Waals surface area contributed by atoms with Gasteiger partial charge in [-0.05, 0) is 18.6 Å². The van der Waals surface area contributed by atoms with Gasteiger partial charge in [0.05, 0.1) is 6.61 Å². The highest BCUT2D eigenvalue weighted by atomic mass is 16.5. The van der Waals surface area contributed by atoms with E-state index in [0.717, 1.165) is 6.29 Å². The van der Waals surface area contributed by atoms with Crippen molar-refractivity contribution in [3.63, 3.8) is 0 Å². The number of benzene rings is 1. The number of rotatable bonds is 6. The van der Waals surface area contributed by atoms with Crippen molar-refractivity contribution in [2.45, 2.75) is 6.42 Å². The first-order valence-electron chi connectivity index (χ1n) is 4.87. The Morgan fingerprint density at radius 2 is 2.31 bits per heavy atom. The Morgan fingerprint density at radius 1 is 1.50 bits per heavy atom. The topological polar surface area (TPSA) is 75.6 Å². The van der Waals surface area contributed by atoms with Crippen LogP contribution in [0.15, 0.2) is 24.3 Å². The first kappa shape index (κ1) is 12.0. The monoisotopic (exact) mass is 223 g/mol. The van der Waals surface area contributed by atoms with Gasteiger partial charge in [-0.15, -0.1) is 0 Å². The lowest BCUT2D eigenvalue weighted by Gasteiger charge is -2.06. The van der Waals surface area contributed by atoms with Gasteiger partial charge < -0.3 is 15.2 Å². The third kappa shape index (κ3) is 4.45. The average Bonchev–Trinajstić information content (AvgIpc) is 2.28. The minimum atomic E-state index is -1.04. The SMILES string of the molecule is O=Cc1cccc(OCCCNC(=O)O)c1. The second kappa shape index (κ2) is 6.44. The normalized spacial score (nSPS) is 9.50. The number of amides is 1. The van der Waals surface area contributed by atoms with Crippen molar-refractivity contribution >= 4 is 12.4 Å². The van der Waals surface area contributed by atoms with Crippen LogP contribution in [0, 0.1) is 0 Å². The third-order valence-electron chi connectivity index (χ3n) is 1.86. The molecule has 5 nitrogen and oxygen atoms in total. The molecule has 1 aromatic carbocycles. The number of carboxylic acid groups (broad SMARTS) is 1. The predicted molar refractivity (Wildman–Crippen MR) is 58.0 cm³/mol. The van der Waals surface area contributed by atoms with E-state index in [1.165, 1.54) is 0 Å². The van der Waals surface area contributed by atoms with Crippen LogP contribution >= 0.6 is 0 Å². The number of hydrogen-bond acceptors (Lipinski definition) is 3. The summed E-state index contributed by atoms with van der Waals surface area (Å²) >= 11 is 0. The van der Waals surface area contributed by atoms with E-state index in [4.69, 9.17) is 9.84 Å². The van der Waals surface area contributed by atoms with Gasteiger partial charge in [0.1, 0.15) is 12.0 Å². The van der Waals surface area contributed by atoms with E-state index in [0.29, 0.717) is 30.9 Å². The largest absolute Gasteiger partial charge is 0.494 e. The first-order chi connectivity index (χ1) is 7.72. The molecule has 16 heavy (non-hydrogen) atoms. The molecule has 1 rings (SSSR count). The van der Waals surface area contributed by atoms with Crippen LogP contribution in [0.4, 0.5) is 4.79 Å². The zero-order valence-electron chi connectivity index (χ0n) is 8.68. The molecule has 1 aromatic rings. The maximum absolute atomic E-state index is 10.5. The maximum Gasteiger partial charge on any atom is 0.404 e. The zero-order valence-corrected chi connectivity index (χ0v) is 8.68. The summed E-state index contributed by atoms with van der Waals surface area (Å²) in [7, 11) is 0. The lowest BCUT2D eigenvalue weighted by Crippen LogP contribution is -2.23. The quantitative estimate of drug-likeness (QED) is 0.566. The van der Waals surface area contributed by atoms with E-state index in [1.807, 2.05) is 0 Å². The van der Waals surface area contributed by atoms with Crippen LogP contribution in [0.2, 0.25) is 0 Å². The number of carbonyl (C=O) groups excluding carboxylic acids is 1. The summed E-state index contributed by atoms with van der Waals surface area (Å²) in [4.78, 5) is 20.6. The smallest absolute Gasteiger partial charge is 0.404 e. The second-order valence-electron chi connectivity index (χ2n) is 3.12. The molecule has 0 aliphatic heterocycles. The number of aldehydes is 1. The minimum Gasteiger partial charge on any atom is -0.494 e. The number of carbonyl (C=O) groups is 2. The van der Waals surface area contributed by atoms with E-state index in [-0.39, 0.29) is 0 Å². The molecule has 86 valence electrons. The fourth-order valence-corrected chi connectivity index (χ4v) is 1.14. The van der Waals surface area contributed by atoms with Gasteiger partial charge in [-0.25, -0.2) is 4.79 Å². The molecule has 0 saturated carbocycles. The van der Waals surface area contributed by atoms with Gasteiger partial charge in [0.25, 0.3) is 0 Å². The summed E-state index contributed by atoms with van der Waals surface area (Å²) < 4.78 is 5.34. The predicted octanol–water partition coefficient (Wildman–Crippen LogP) is 1.54. The van der Waals surface area contributed by atoms with Gasteiger partial charge in [-0.1, -0.05) is 12.1 Å². The van der Waals surface area contributed by atoms with Crippen molar-refractivity contribution in [1.82, 2.24) is 5.32 Å². The maximum atomic E-state index is 10.5. The number of nitrogens with one attached hydrogen (secondary N) is 1. The lowest BCUT2D eigenvalue weighted by atomic mass is 10.2. The average molecular weight is 223 g/mol. The van der Waals surface area contributed by atoms with Crippen molar-refractivity contribution < 1.29 is 19.4 Å². The van der Waals surface area contributed by atoms with Crippen LogP contribution in [-0.4, -0.2) is 30.6 Å². The van der Waals surface area contributed by atoms with Crippen LogP contribution in [0.1, 0.15) is 16.8 Å². The Bertz CT molecular complexity index is 365. The second-order valence-corrected chi connectivity index (χ2v) is 3.12. The molecule has 0 saturated heterocycles. The zero-order chi connectivity index (χ0) is 11.8. The van der Waals surface area contributed by atoms with Crippen LogP contribution in [0.5, 0.6) is 5.75 Å². The summed E-state index contributed by atoms with van der Waals surface area (Å²) in [6, 6.07) is 6.80. The molecule has 1 amide bonds. The van der Waals surface area contributed by atoms with Crippen LogP contribution < -0.4 is 10.1 Å². The molecule has 0 aromatic heterocycles. The molecule has 5 heteroatoms. The lowest BCUT2D eigenvalue weighted by molar-refractivity contribution is 0.112. The standard InChI is InChI=1S/C11H13NO4/c13-8-9-3-1-4-10(7-9)16-6-2-5-12-11(14)15/h1,3-4,7-8,12H,2,5-6H2,(H,14,15). The van der Waals surface area contributed by atoms with Gasteiger partial charge in [-0.3, -0.25) is 4.79 Å². The third-order valence-corrected chi connectivity index (χ3v) is 1.86. The Kier molecular flexibility index (Phi) is 4.85. The minimum absolute atomic E-state index is 0.350. The molecular weight excluding hydrogens is 210 g/mol. The van der Waals surface area contributed by atoms with Crippen molar-refractivity contribution in [3.05, 3.63) is 29.8 Å². The van der Waals surface area contributed by atoms with E-state index >= 15 is 0 Å². The molecule has 0 bridgehead atoms. The van der Waals surface area contributed by atoms with Crippen LogP contribution in [0.25, 0.3) is 0 Å². The van der Waals surface area contributed by atoms with E-state index in [1.54, 1.807) is 24.3 Å². The van der Waals surface area contributed by atoms with Crippen molar-refractivity contribution in [3.8, 4) is 5.75 Å². The van der Waals surface area contributed by atoms with Gasteiger partial charge in [0, 0.05) is 12.1 Å². The molecule has 0 aliphatic rings. The van der Waals surface area contributed by atoms with Gasteiger partial charge >= 0.3 is 6.09 Å². The Balaban J connectivity index is 2.26. The Morgan fingerprint density at radius 3 is 3.00 bits per heavy atom. The Hall–Kier alpha value is -2.04. The van der Waals surface area contributed by atoms with E-state index in [9.17, 15) is 9.59 Å². The molecule has 0 fully saturated rings. The van der Waals surface area contributed by atoms with Crippen molar-refractivity contribution in [2.75, 3.05) is 13.2 Å². The molecule has 0 spiro atoms. The van der Waals surface area contributed by atoms with E-state index in [2.05, 4.69) is 5.32 Å². The molecule has 0 heterocycles.